The number of nitrogens with zero attached hydrogens (tertiary/aromatic N) is 2. The Labute approximate surface area is 92.5 Å². The van der Waals surface area contributed by atoms with Crippen LogP contribution in [-0.4, -0.2) is 9.36 Å². The average Bonchev–Trinajstić information content (AvgIpc) is 2.77. The first kappa shape index (κ1) is 10.3. The fraction of sp³-hybridized carbons (Fsp3) is 0.400. The smallest absolute Gasteiger partial charge is 0.181 e. The van der Waals surface area contributed by atoms with Gasteiger partial charge in [0.05, 0.1) is 11.4 Å². The van der Waals surface area contributed by atoms with E-state index in [1.807, 2.05) is 13.8 Å². The van der Waals surface area contributed by atoms with E-state index in [1.165, 1.54) is 22.8 Å². The van der Waals surface area contributed by atoms with Crippen LogP contribution in [0.5, 0.6) is 0 Å². The Kier molecular flexibility index (Phi) is 3.13. The third-order valence-electron chi connectivity index (χ3n) is 2.11. The van der Waals surface area contributed by atoms with Gasteiger partial charge in [-0.1, -0.05) is 0 Å². The van der Waals surface area contributed by atoms with E-state index < -0.39 is 0 Å². The Morgan fingerprint density at radius 3 is 2.87 bits per heavy atom. The van der Waals surface area contributed by atoms with Crippen molar-refractivity contribution in [2.75, 3.05) is 0 Å². The first-order chi connectivity index (χ1) is 7.25. The van der Waals surface area contributed by atoms with Crippen molar-refractivity contribution in [3.63, 3.8) is 0 Å². The number of nitrogens with one attached hydrogen (secondary N) is 1. The second kappa shape index (κ2) is 4.55. The van der Waals surface area contributed by atoms with E-state index in [-0.39, 0.29) is 0 Å². The van der Waals surface area contributed by atoms with Gasteiger partial charge in [-0.25, -0.2) is 4.98 Å². The molecule has 2 heterocycles. The highest BCUT2D eigenvalue weighted by atomic mass is 32.1. The van der Waals surface area contributed by atoms with E-state index in [9.17, 15) is 0 Å². The second-order valence-corrected chi connectivity index (χ2v) is 4.28. The van der Waals surface area contributed by atoms with Crippen LogP contribution in [0, 0.1) is 13.8 Å². The van der Waals surface area contributed by atoms with E-state index in [0.717, 1.165) is 30.2 Å². The number of hydrogen-bond acceptors (Lipinski definition) is 5. The molecule has 0 unspecified atom stereocenters. The summed E-state index contributed by atoms with van der Waals surface area (Å²) >= 11 is 1.53. The van der Waals surface area contributed by atoms with E-state index in [1.54, 1.807) is 0 Å². The zero-order chi connectivity index (χ0) is 10.7. The van der Waals surface area contributed by atoms with Gasteiger partial charge in [-0.05, 0) is 31.4 Å². The van der Waals surface area contributed by atoms with E-state index in [2.05, 4.69) is 20.7 Å². The lowest BCUT2D eigenvalue weighted by Gasteiger charge is -1.99. The summed E-state index contributed by atoms with van der Waals surface area (Å²) in [5, 5.41) is 3.31. The molecule has 2 rings (SSSR count). The summed E-state index contributed by atoms with van der Waals surface area (Å²) in [6.07, 6.45) is 1.48. The molecule has 80 valence electrons. The minimum Gasteiger partial charge on any atom is -0.448 e. The van der Waals surface area contributed by atoms with Crippen molar-refractivity contribution < 1.29 is 4.42 Å². The first-order valence-electron chi connectivity index (χ1n) is 4.77. The molecule has 4 nitrogen and oxygen atoms in total. The molecule has 0 saturated carbocycles. The highest BCUT2D eigenvalue weighted by Gasteiger charge is 2.03. The number of rotatable bonds is 4. The monoisotopic (exact) mass is 223 g/mol. The van der Waals surface area contributed by atoms with Crippen LogP contribution in [0.2, 0.25) is 0 Å². The molecule has 0 radical (unpaired) electrons. The highest BCUT2D eigenvalue weighted by Crippen LogP contribution is 2.09. The topological polar surface area (TPSA) is 51.0 Å². The molecule has 0 aliphatic heterocycles. The van der Waals surface area contributed by atoms with Crippen LogP contribution in [0.3, 0.4) is 0 Å². The van der Waals surface area contributed by atoms with Gasteiger partial charge in [0.15, 0.2) is 6.39 Å². The molecule has 0 saturated heterocycles. The maximum atomic E-state index is 5.11. The van der Waals surface area contributed by atoms with Crippen LogP contribution >= 0.6 is 11.5 Å². The van der Waals surface area contributed by atoms with Gasteiger partial charge < -0.3 is 9.73 Å². The summed E-state index contributed by atoms with van der Waals surface area (Å²) in [6, 6.07) is 2.09. The summed E-state index contributed by atoms with van der Waals surface area (Å²) in [5.74, 6) is 0.878. The van der Waals surface area contributed by atoms with E-state index >= 15 is 0 Å². The summed E-state index contributed by atoms with van der Waals surface area (Å²) in [5.41, 5.74) is 2.05. The Morgan fingerprint density at radius 1 is 1.40 bits per heavy atom. The van der Waals surface area contributed by atoms with Crippen molar-refractivity contribution in [3.05, 3.63) is 34.5 Å². The van der Waals surface area contributed by atoms with Crippen LogP contribution in [0.4, 0.5) is 0 Å². The Morgan fingerprint density at radius 2 is 2.27 bits per heavy atom. The lowest BCUT2D eigenvalue weighted by atomic mass is 10.3. The van der Waals surface area contributed by atoms with Crippen molar-refractivity contribution in [1.82, 2.24) is 14.7 Å². The zero-order valence-corrected chi connectivity index (χ0v) is 9.60. The molecular weight excluding hydrogens is 210 g/mol. The SMILES string of the molecule is Cc1cc(CNCc2ncoc2C)sn1. The first-order valence-corrected chi connectivity index (χ1v) is 5.55. The lowest BCUT2D eigenvalue weighted by Crippen LogP contribution is -2.12. The molecule has 0 aliphatic carbocycles. The van der Waals surface area contributed by atoms with Crippen molar-refractivity contribution in [2.24, 2.45) is 0 Å². The third kappa shape index (κ3) is 2.64. The maximum Gasteiger partial charge on any atom is 0.181 e. The van der Waals surface area contributed by atoms with Crippen LogP contribution < -0.4 is 5.32 Å². The van der Waals surface area contributed by atoms with E-state index in [4.69, 9.17) is 4.42 Å². The molecular formula is C10H13N3OS. The number of hydrogen-bond donors (Lipinski definition) is 1. The number of aryl methyl sites for hydroxylation is 2. The Hall–Kier alpha value is -1.20. The molecule has 0 aromatic carbocycles. The van der Waals surface area contributed by atoms with Gasteiger partial charge in [0.1, 0.15) is 5.76 Å². The second-order valence-electron chi connectivity index (χ2n) is 3.39. The van der Waals surface area contributed by atoms with Crippen LogP contribution in [-0.2, 0) is 13.1 Å². The molecule has 0 aliphatic rings. The third-order valence-corrected chi connectivity index (χ3v) is 2.99. The summed E-state index contributed by atoms with van der Waals surface area (Å²) < 4.78 is 9.33. The minimum atomic E-state index is 0.735. The van der Waals surface area contributed by atoms with Crippen LogP contribution in [0.15, 0.2) is 16.9 Å². The van der Waals surface area contributed by atoms with Crippen molar-refractivity contribution in [3.8, 4) is 0 Å². The van der Waals surface area contributed by atoms with Crippen molar-refractivity contribution >= 4 is 11.5 Å². The predicted octanol–water partition coefficient (Wildman–Crippen LogP) is 2.04. The summed E-state index contributed by atoms with van der Waals surface area (Å²) in [7, 11) is 0. The molecule has 0 amide bonds. The van der Waals surface area contributed by atoms with Crippen molar-refractivity contribution in [2.45, 2.75) is 26.9 Å². The van der Waals surface area contributed by atoms with Gasteiger partial charge in [-0.15, -0.1) is 0 Å². The van der Waals surface area contributed by atoms with Crippen LogP contribution in [0.1, 0.15) is 22.0 Å². The van der Waals surface area contributed by atoms with Gasteiger partial charge >= 0.3 is 0 Å². The number of oxazole rings is 1. The van der Waals surface area contributed by atoms with E-state index in [0.29, 0.717) is 0 Å². The van der Waals surface area contributed by atoms with Crippen LogP contribution in [0.25, 0.3) is 0 Å². The van der Waals surface area contributed by atoms with Gasteiger partial charge in [0, 0.05) is 18.0 Å². The maximum absolute atomic E-state index is 5.11. The van der Waals surface area contributed by atoms with Gasteiger partial charge in [-0.3, -0.25) is 0 Å². The normalized spacial score (nSPS) is 10.8. The molecule has 0 spiro atoms. The average molecular weight is 223 g/mol. The molecule has 2 aromatic rings. The zero-order valence-electron chi connectivity index (χ0n) is 8.78. The largest absolute Gasteiger partial charge is 0.448 e. The van der Waals surface area contributed by atoms with Gasteiger partial charge in [0.2, 0.25) is 0 Å². The Bertz CT molecular complexity index is 435. The molecule has 2 aromatic heterocycles. The fourth-order valence-corrected chi connectivity index (χ4v) is 2.01. The summed E-state index contributed by atoms with van der Waals surface area (Å²) in [6.45, 7) is 5.49. The quantitative estimate of drug-likeness (QED) is 0.861. The molecule has 1 N–H and O–H groups in total. The van der Waals surface area contributed by atoms with Gasteiger partial charge in [0.25, 0.3) is 0 Å². The Balaban J connectivity index is 1.83. The molecule has 0 bridgehead atoms. The number of aromatic nitrogens is 2. The van der Waals surface area contributed by atoms with Crippen molar-refractivity contribution in [1.29, 1.82) is 0 Å². The molecule has 0 atom stereocenters. The standard InChI is InChI=1S/C10H13N3OS/c1-7-3-9(15-13-7)4-11-5-10-8(2)14-6-12-10/h3,6,11H,4-5H2,1-2H3. The fourth-order valence-electron chi connectivity index (χ4n) is 1.30. The van der Waals surface area contributed by atoms with Gasteiger partial charge in [-0.2, -0.15) is 4.37 Å². The lowest BCUT2D eigenvalue weighted by molar-refractivity contribution is 0.522. The predicted molar refractivity (Wildman–Crippen MR) is 58.6 cm³/mol. The molecule has 15 heavy (non-hydrogen) atoms. The molecule has 5 heteroatoms. The summed E-state index contributed by atoms with van der Waals surface area (Å²) in [4.78, 5) is 5.35. The molecule has 0 fully saturated rings. The minimum absolute atomic E-state index is 0.735. The highest BCUT2D eigenvalue weighted by molar-refractivity contribution is 7.05.